The number of rotatable bonds is 6. The van der Waals surface area contributed by atoms with Crippen molar-refractivity contribution < 1.29 is 0 Å². The monoisotopic (exact) mass is 264 g/mol. The first kappa shape index (κ1) is 13.2. The molecule has 0 aliphatic heterocycles. The molecule has 0 aliphatic rings. The molecule has 0 fully saturated rings. The van der Waals surface area contributed by atoms with Crippen LogP contribution in [-0.4, -0.2) is 20.8 Å². The zero-order valence-electron chi connectivity index (χ0n) is 11.2. The molecule has 0 aromatic carbocycles. The molecule has 18 heavy (non-hydrogen) atoms. The summed E-state index contributed by atoms with van der Waals surface area (Å²) in [6.07, 6.45) is 2.93. The summed E-state index contributed by atoms with van der Waals surface area (Å²) < 4.78 is 2.03. The summed E-state index contributed by atoms with van der Waals surface area (Å²) in [7, 11) is 0. The predicted octanol–water partition coefficient (Wildman–Crippen LogP) is 2.91. The first-order valence-corrected chi connectivity index (χ1v) is 7.28. The molecule has 0 amide bonds. The van der Waals surface area contributed by atoms with Crippen LogP contribution >= 0.6 is 11.3 Å². The minimum atomic E-state index is 0.487. The van der Waals surface area contributed by atoms with Crippen molar-refractivity contribution in [3.8, 4) is 10.7 Å². The van der Waals surface area contributed by atoms with Crippen LogP contribution in [0.5, 0.6) is 0 Å². The summed E-state index contributed by atoms with van der Waals surface area (Å²) in [5.74, 6) is 0. The van der Waals surface area contributed by atoms with Crippen LogP contribution in [0.15, 0.2) is 17.6 Å². The van der Waals surface area contributed by atoms with E-state index in [-0.39, 0.29) is 0 Å². The van der Waals surface area contributed by atoms with Gasteiger partial charge < -0.3 is 5.32 Å². The lowest BCUT2D eigenvalue weighted by atomic mass is 10.3. The van der Waals surface area contributed by atoms with E-state index in [4.69, 9.17) is 0 Å². The van der Waals surface area contributed by atoms with Crippen molar-refractivity contribution >= 4 is 11.3 Å². The molecule has 0 aliphatic carbocycles. The van der Waals surface area contributed by atoms with E-state index in [1.54, 1.807) is 11.3 Å². The van der Waals surface area contributed by atoms with E-state index in [2.05, 4.69) is 41.6 Å². The van der Waals surface area contributed by atoms with Crippen LogP contribution in [0.4, 0.5) is 0 Å². The lowest BCUT2D eigenvalue weighted by Crippen LogP contribution is -2.21. The first-order valence-electron chi connectivity index (χ1n) is 6.40. The van der Waals surface area contributed by atoms with E-state index in [0.29, 0.717) is 6.04 Å². The van der Waals surface area contributed by atoms with Crippen molar-refractivity contribution in [1.82, 2.24) is 20.1 Å². The molecule has 0 unspecified atom stereocenters. The van der Waals surface area contributed by atoms with Gasteiger partial charge in [-0.15, -0.1) is 11.3 Å². The Bertz CT molecular complexity index is 487. The minimum absolute atomic E-state index is 0.487. The maximum Gasteiger partial charge on any atom is 0.141 e. The SMILES string of the molecule is CCCn1nccc1-c1nc(CNC(C)C)cs1. The van der Waals surface area contributed by atoms with Crippen LogP contribution in [0, 0.1) is 0 Å². The summed E-state index contributed by atoms with van der Waals surface area (Å²) in [5.41, 5.74) is 2.23. The number of nitrogens with zero attached hydrogens (tertiary/aromatic N) is 3. The van der Waals surface area contributed by atoms with Crippen LogP contribution < -0.4 is 5.32 Å². The maximum absolute atomic E-state index is 4.66. The number of aromatic nitrogens is 3. The molecule has 0 radical (unpaired) electrons. The molecule has 2 rings (SSSR count). The lowest BCUT2D eigenvalue weighted by Gasteiger charge is -2.05. The fourth-order valence-corrected chi connectivity index (χ4v) is 2.57. The molecule has 4 nitrogen and oxygen atoms in total. The second-order valence-corrected chi connectivity index (χ2v) is 5.48. The zero-order valence-corrected chi connectivity index (χ0v) is 12.0. The van der Waals surface area contributed by atoms with Gasteiger partial charge in [0.25, 0.3) is 0 Å². The highest BCUT2D eigenvalue weighted by atomic mass is 32.1. The standard InChI is InChI=1S/C13H20N4S/c1-4-7-17-12(5-6-15-17)13-16-11(9-18-13)8-14-10(2)3/h5-6,9-10,14H,4,7-8H2,1-3H3. The van der Waals surface area contributed by atoms with Gasteiger partial charge >= 0.3 is 0 Å². The van der Waals surface area contributed by atoms with Crippen LogP contribution in [0.1, 0.15) is 32.9 Å². The molecular weight excluding hydrogens is 244 g/mol. The fourth-order valence-electron chi connectivity index (χ4n) is 1.72. The van der Waals surface area contributed by atoms with Crippen LogP contribution in [0.3, 0.4) is 0 Å². The van der Waals surface area contributed by atoms with Gasteiger partial charge in [0.05, 0.1) is 11.4 Å². The van der Waals surface area contributed by atoms with E-state index in [1.807, 2.05) is 16.9 Å². The molecule has 2 aromatic rings. The van der Waals surface area contributed by atoms with Gasteiger partial charge in [-0.1, -0.05) is 20.8 Å². The third-order valence-corrected chi connectivity index (χ3v) is 3.53. The fraction of sp³-hybridized carbons (Fsp3) is 0.538. The molecular formula is C13H20N4S. The molecule has 1 N–H and O–H groups in total. The summed E-state index contributed by atoms with van der Waals surface area (Å²) in [4.78, 5) is 4.66. The third kappa shape index (κ3) is 3.17. The van der Waals surface area contributed by atoms with Crippen molar-refractivity contribution in [3.63, 3.8) is 0 Å². The van der Waals surface area contributed by atoms with Crippen molar-refractivity contribution in [2.24, 2.45) is 0 Å². The third-order valence-electron chi connectivity index (χ3n) is 2.61. The van der Waals surface area contributed by atoms with Crippen molar-refractivity contribution in [2.45, 2.75) is 46.3 Å². The molecule has 0 atom stereocenters. The topological polar surface area (TPSA) is 42.7 Å². The lowest BCUT2D eigenvalue weighted by molar-refractivity contribution is 0.582. The van der Waals surface area contributed by atoms with Crippen molar-refractivity contribution in [1.29, 1.82) is 0 Å². The number of hydrogen-bond donors (Lipinski definition) is 1. The Labute approximate surface area is 112 Å². The van der Waals surface area contributed by atoms with Crippen molar-refractivity contribution in [2.75, 3.05) is 0 Å². The smallest absolute Gasteiger partial charge is 0.141 e. The van der Waals surface area contributed by atoms with Crippen molar-refractivity contribution in [3.05, 3.63) is 23.3 Å². The van der Waals surface area contributed by atoms with Gasteiger partial charge in [-0.25, -0.2) is 4.98 Å². The second kappa shape index (κ2) is 6.11. The summed E-state index contributed by atoms with van der Waals surface area (Å²) in [6.45, 7) is 8.22. The van der Waals surface area contributed by atoms with E-state index < -0.39 is 0 Å². The number of nitrogens with one attached hydrogen (secondary N) is 1. The largest absolute Gasteiger partial charge is 0.309 e. The van der Waals surface area contributed by atoms with E-state index in [1.165, 1.54) is 0 Å². The molecule has 0 saturated carbocycles. The van der Waals surface area contributed by atoms with Gasteiger partial charge in [0.1, 0.15) is 5.01 Å². The van der Waals surface area contributed by atoms with Gasteiger partial charge in [-0.05, 0) is 12.5 Å². The molecule has 98 valence electrons. The summed E-state index contributed by atoms with van der Waals surface area (Å²) in [6, 6.07) is 2.52. The Morgan fingerprint density at radius 2 is 2.28 bits per heavy atom. The van der Waals surface area contributed by atoms with Crippen LogP contribution in [0.2, 0.25) is 0 Å². The summed E-state index contributed by atoms with van der Waals surface area (Å²) in [5, 5.41) is 10.9. The van der Waals surface area contributed by atoms with Gasteiger partial charge in [0.2, 0.25) is 0 Å². The Kier molecular flexibility index (Phi) is 4.49. The van der Waals surface area contributed by atoms with Crippen LogP contribution in [0.25, 0.3) is 10.7 Å². The van der Waals surface area contributed by atoms with E-state index in [9.17, 15) is 0 Å². The molecule has 2 aromatic heterocycles. The first-order chi connectivity index (χ1) is 8.70. The number of hydrogen-bond acceptors (Lipinski definition) is 4. The van der Waals surface area contributed by atoms with Gasteiger partial charge in [-0.3, -0.25) is 4.68 Å². The molecule has 0 saturated heterocycles. The number of thiazole rings is 1. The van der Waals surface area contributed by atoms with E-state index in [0.717, 1.165) is 35.9 Å². The average molecular weight is 264 g/mol. The highest BCUT2D eigenvalue weighted by Crippen LogP contribution is 2.23. The predicted molar refractivity (Wildman–Crippen MR) is 75.6 cm³/mol. The zero-order chi connectivity index (χ0) is 13.0. The van der Waals surface area contributed by atoms with Gasteiger partial charge in [0, 0.05) is 30.7 Å². The maximum atomic E-state index is 4.66. The van der Waals surface area contributed by atoms with E-state index >= 15 is 0 Å². The average Bonchev–Trinajstić information content (AvgIpc) is 2.94. The Hall–Kier alpha value is -1.20. The summed E-state index contributed by atoms with van der Waals surface area (Å²) >= 11 is 1.69. The molecule has 0 spiro atoms. The minimum Gasteiger partial charge on any atom is -0.309 e. The molecule has 2 heterocycles. The van der Waals surface area contributed by atoms with Crippen LogP contribution in [-0.2, 0) is 13.1 Å². The Morgan fingerprint density at radius 3 is 3.00 bits per heavy atom. The number of aryl methyl sites for hydroxylation is 1. The normalized spacial score (nSPS) is 11.3. The highest BCUT2D eigenvalue weighted by Gasteiger charge is 2.09. The van der Waals surface area contributed by atoms with Gasteiger partial charge in [0.15, 0.2) is 0 Å². The Morgan fingerprint density at radius 1 is 1.44 bits per heavy atom. The molecule has 5 heteroatoms. The quantitative estimate of drug-likeness (QED) is 0.872. The molecule has 0 bridgehead atoms. The second-order valence-electron chi connectivity index (χ2n) is 4.62. The highest BCUT2D eigenvalue weighted by molar-refractivity contribution is 7.13. The Balaban J connectivity index is 2.11. The van der Waals surface area contributed by atoms with Gasteiger partial charge in [-0.2, -0.15) is 5.10 Å².